The molecule has 47 heavy (non-hydrogen) atoms. The van der Waals surface area contributed by atoms with Crippen LogP contribution in [0.4, 0.5) is 5.69 Å². The normalized spacial score (nSPS) is 14.3. The molecule has 1 aliphatic carbocycles. The maximum absolute atomic E-state index is 14.7. The monoisotopic (exact) mass is 715 g/mol. The van der Waals surface area contributed by atoms with Crippen molar-refractivity contribution in [3.63, 3.8) is 0 Å². The largest absolute Gasteiger partial charge is 0.352 e. The number of hydrogen-bond donors (Lipinski definition) is 1. The highest BCUT2D eigenvalue weighted by Gasteiger charge is 2.35. The van der Waals surface area contributed by atoms with Gasteiger partial charge in [0.25, 0.3) is 10.0 Å². The summed E-state index contributed by atoms with van der Waals surface area (Å²) in [6, 6.07) is 30.2. The zero-order valence-electron chi connectivity index (χ0n) is 26.9. The summed E-state index contributed by atoms with van der Waals surface area (Å²) in [5, 5.41) is 3.25. The summed E-state index contributed by atoms with van der Waals surface area (Å²) >= 11 is 3.46. The minimum absolute atomic E-state index is 0.0472. The summed E-state index contributed by atoms with van der Waals surface area (Å²) in [5.41, 5.74) is 4.10. The van der Waals surface area contributed by atoms with Gasteiger partial charge in [0.05, 0.1) is 10.6 Å². The van der Waals surface area contributed by atoms with Gasteiger partial charge in [-0.25, -0.2) is 8.42 Å². The molecule has 4 aromatic rings. The Morgan fingerprint density at radius 1 is 0.809 bits per heavy atom. The van der Waals surface area contributed by atoms with E-state index in [0.29, 0.717) is 16.6 Å². The zero-order valence-corrected chi connectivity index (χ0v) is 29.3. The fourth-order valence-corrected chi connectivity index (χ4v) is 7.78. The molecule has 0 bridgehead atoms. The molecule has 1 N–H and O–H groups in total. The Kier molecular flexibility index (Phi) is 11.5. The van der Waals surface area contributed by atoms with Crippen LogP contribution in [0.1, 0.15) is 54.4 Å². The van der Waals surface area contributed by atoms with E-state index in [4.69, 9.17) is 0 Å². The van der Waals surface area contributed by atoms with Gasteiger partial charge in [-0.15, -0.1) is 0 Å². The lowest BCUT2D eigenvalue weighted by molar-refractivity contribution is -0.140. The van der Waals surface area contributed by atoms with Gasteiger partial charge in [-0.05, 0) is 68.1 Å². The van der Waals surface area contributed by atoms with Crippen molar-refractivity contribution in [1.82, 2.24) is 10.2 Å². The molecule has 0 aliphatic heterocycles. The van der Waals surface area contributed by atoms with E-state index >= 15 is 0 Å². The summed E-state index contributed by atoms with van der Waals surface area (Å²) in [4.78, 5) is 30.5. The second-order valence-corrected chi connectivity index (χ2v) is 15.1. The van der Waals surface area contributed by atoms with Gasteiger partial charge in [0.2, 0.25) is 11.8 Å². The molecule has 4 aromatic carbocycles. The number of nitrogens with zero attached hydrogens (tertiary/aromatic N) is 2. The predicted molar refractivity (Wildman–Crippen MR) is 191 cm³/mol. The van der Waals surface area contributed by atoms with E-state index in [1.165, 1.54) is 0 Å². The topological polar surface area (TPSA) is 86.8 Å². The lowest BCUT2D eigenvalue weighted by Gasteiger charge is -2.35. The van der Waals surface area contributed by atoms with Gasteiger partial charge in [0.15, 0.2) is 0 Å². The van der Waals surface area contributed by atoms with Gasteiger partial charge in [0.1, 0.15) is 12.6 Å². The Labute approximate surface area is 287 Å². The van der Waals surface area contributed by atoms with Crippen molar-refractivity contribution >= 4 is 43.5 Å². The van der Waals surface area contributed by atoms with Crippen molar-refractivity contribution in [3.05, 3.63) is 130 Å². The maximum Gasteiger partial charge on any atom is 0.264 e. The first kappa shape index (κ1) is 34.4. The molecule has 0 radical (unpaired) electrons. The molecule has 1 aliphatic rings. The molecule has 5 rings (SSSR count). The highest BCUT2D eigenvalue weighted by Crippen LogP contribution is 2.28. The summed E-state index contributed by atoms with van der Waals surface area (Å²) in [6.45, 7) is 3.54. The second kappa shape index (κ2) is 15.8. The van der Waals surface area contributed by atoms with Crippen LogP contribution in [0.2, 0.25) is 0 Å². The molecule has 0 aromatic heterocycles. The van der Waals surface area contributed by atoms with Crippen LogP contribution in [0, 0.1) is 13.8 Å². The summed E-state index contributed by atoms with van der Waals surface area (Å²) in [5.74, 6) is -0.697. The van der Waals surface area contributed by atoms with Crippen LogP contribution in [0.3, 0.4) is 0 Å². The van der Waals surface area contributed by atoms with Crippen LogP contribution < -0.4 is 9.62 Å². The molecular weight excluding hydrogens is 674 g/mol. The second-order valence-electron chi connectivity index (χ2n) is 12.4. The van der Waals surface area contributed by atoms with Gasteiger partial charge in [-0.1, -0.05) is 119 Å². The molecule has 9 heteroatoms. The van der Waals surface area contributed by atoms with Crippen LogP contribution in [-0.4, -0.2) is 43.8 Å². The predicted octanol–water partition coefficient (Wildman–Crippen LogP) is 7.35. The lowest BCUT2D eigenvalue weighted by atomic mass is 9.94. The van der Waals surface area contributed by atoms with Gasteiger partial charge >= 0.3 is 0 Å². The number of aryl methyl sites for hydroxylation is 2. The molecule has 2 amide bonds. The minimum atomic E-state index is -4.16. The number of anilines is 1. The van der Waals surface area contributed by atoms with E-state index in [1.54, 1.807) is 53.4 Å². The van der Waals surface area contributed by atoms with E-state index in [1.807, 2.05) is 68.4 Å². The fourth-order valence-electron chi connectivity index (χ4n) is 5.99. The third-order valence-electron chi connectivity index (χ3n) is 8.68. The molecule has 246 valence electrons. The zero-order chi connectivity index (χ0) is 33.4. The van der Waals surface area contributed by atoms with E-state index in [2.05, 4.69) is 21.2 Å². The van der Waals surface area contributed by atoms with Crippen LogP contribution in [0.25, 0.3) is 0 Å². The first-order valence-electron chi connectivity index (χ1n) is 16.1. The summed E-state index contributed by atoms with van der Waals surface area (Å²) < 4.78 is 30.3. The average Bonchev–Trinajstić information content (AvgIpc) is 3.07. The Bertz CT molecular complexity index is 1760. The van der Waals surface area contributed by atoms with Crippen molar-refractivity contribution in [2.75, 3.05) is 10.8 Å². The third kappa shape index (κ3) is 9.11. The van der Waals surface area contributed by atoms with Gasteiger partial charge in [-0.2, -0.15) is 0 Å². The van der Waals surface area contributed by atoms with Gasteiger partial charge in [0, 0.05) is 23.5 Å². The summed E-state index contributed by atoms with van der Waals surface area (Å²) in [6.07, 6.45) is 5.36. The van der Waals surface area contributed by atoms with Crippen LogP contribution in [0.5, 0.6) is 0 Å². The number of halogens is 1. The molecule has 1 fully saturated rings. The number of benzene rings is 4. The SMILES string of the molecule is Cc1ccc(CN(C(=O)CN(c2cccc(Br)c2)S(=O)(=O)c2ccc(C)cc2)[C@H](Cc2ccccc2)C(=O)NC2CCCCC2)cc1. The molecule has 7 nitrogen and oxygen atoms in total. The average molecular weight is 717 g/mol. The minimum Gasteiger partial charge on any atom is -0.352 e. The number of amides is 2. The van der Waals surface area contributed by atoms with Gasteiger partial charge < -0.3 is 10.2 Å². The number of hydrogen-bond acceptors (Lipinski definition) is 4. The Morgan fingerprint density at radius 3 is 2.09 bits per heavy atom. The van der Waals surface area contributed by atoms with Crippen molar-refractivity contribution < 1.29 is 18.0 Å². The van der Waals surface area contributed by atoms with E-state index in [0.717, 1.165) is 58.7 Å². The quantitative estimate of drug-likeness (QED) is 0.166. The lowest BCUT2D eigenvalue weighted by Crippen LogP contribution is -2.55. The van der Waals surface area contributed by atoms with Crippen molar-refractivity contribution in [3.8, 4) is 0 Å². The summed E-state index contributed by atoms with van der Waals surface area (Å²) in [7, 11) is -4.16. The van der Waals surface area contributed by atoms with E-state index in [9.17, 15) is 18.0 Å². The van der Waals surface area contributed by atoms with Crippen molar-refractivity contribution in [1.29, 1.82) is 0 Å². The number of sulfonamides is 1. The van der Waals surface area contributed by atoms with E-state index in [-0.39, 0.29) is 23.4 Å². The number of rotatable bonds is 12. The molecule has 1 saturated carbocycles. The number of carbonyl (C=O) groups is 2. The van der Waals surface area contributed by atoms with Crippen molar-refractivity contribution in [2.24, 2.45) is 0 Å². The van der Waals surface area contributed by atoms with Crippen LogP contribution in [0.15, 0.2) is 112 Å². The molecule has 0 saturated heterocycles. The first-order valence-corrected chi connectivity index (χ1v) is 18.4. The Hall–Kier alpha value is -3.95. The Morgan fingerprint density at radius 2 is 1.45 bits per heavy atom. The van der Waals surface area contributed by atoms with E-state index < -0.39 is 28.5 Å². The van der Waals surface area contributed by atoms with Crippen LogP contribution in [-0.2, 0) is 32.6 Å². The van der Waals surface area contributed by atoms with Crippen LogP contribution >= 0.6 is 15.9 Å². The smallest absolute Gasteiger partial charge is 0.264 e. The molecular formula is C38H42BrN3O4S. The molecule has 0 spiro atoms. The Balaban J connectivity index is 1.56. The molecule has 1 atom stereocenters. The number of nitrogens with one attached hydrogen (secondary N) is 1. The van der Waals surface area contributed by atoms with Gasteiger partial charge in [-0.3, -0.25) is 13.9 Å². The highest BCUT2D eigenvalue weighted by molar-refractivity contribution is 9.10. The first-order chi connectivity index (χ1) is 22.6. The third-order valence-corrected chi connectivity index (χ3v) is 11.0. The standard InChI is InChI=1S/C38H42BrN3O4S/c1-28-16-20-31(21-17-28)26-41(36(24-30-10-5-3-6-11-30)38(44)40-33-13-7-4-8-14-33)37(43)27-42(34-15-9-12-32(39)25-34)47(45,46)35-22-18-29(2)19-23-35/h3,5-6,9-12,15-23,25,33,36H,4,7-8,13-14,24,26-27H2,1-2H3,(H,40,44)/t36-/m1/s1. The molecule has 0 unspecified atom stereocenters. The highest BCUT2D eigenvalue weighted by atomic mass is 79.9. The number of carbonyl (C=O) groups excluding carboxylic acids is 2. The fraction of sp³-hybridized carbons (Fsp3) is 0.316. The van der Waals surface area contributed by atoms with Crippen molar-refractivity contribution in [2.45, 2.75) is 75.9 Å². The maximum atomic E-state index is 14.7. The molecule has 0 heterocycles.